The first-order valence-electron chi connectivity index (χ1n) is 11.9. The molecule has 2 bridgehead atoms. The number of sulfone groups is 1. The van der Waals surface area contributed by atoms with E-state index in [9.17, 15) is 17.2 Å². The van der Waals surface area contributed by atoms with E-state index < -0.39 is 26.9 Å². The number of aromatic nitrogens is 6. The van der Waals surface area contributed by atoms with E-state index >= 15 is 0 Å². The first kappa shape index (κ1) is 23.8. The average Bonchev–Trinajstić information content (AvgIpc) is 3.45. The highest BCUT2D eigenvalue weighted by molar-refractivity contribution is 7.89. The van der Waals surface area contributed by atoms with Gasteiger partial charge in [0.25, 0.3) is 0 Å². The van der Waals surface area contributed by atoms with Crippen molar-refractivity contribution in [3.63, 3.8) is 0 Å². The van der Waals surface area contributed by atoms with Crippen molar-refractivity contribution >= 4 is 9.84 Å². The van der Waals surface area contributed by atoms with Gasteiger partial charge in [0.05, 0.1) is 39.8 Å². The van der Waals surface area contributed by atoms with Crippen molar-refractivity contribution in [3.05, 3.63) is 77.5 Å². The summed E-state index contributed by atoms with van der Waals surface area (Å²) in [5.41, 5.74) is 2.23. The smallest absolute Gasteiger partial charge is 0.167 e. The lowest BCUT2D eigenvalue weighted by Gasteiger charge is -2.37. The molecule has 1 fully saturated rings. The highest BCUT2D eigenvalue weighted by Crippen LogP contribution is 2.69. The van der Waals surface area contributed by atoms with E-state index in [1.54, 1.807) is 24.7 Å². The molecule has 0 spiro atoms. The maximum atomic E-state index is 14.5. The fourth-order valence-corrected chi connectivity index (χ4v) is 6.90. The van der Waals surface area contributed by atoms with Crippen LogP contribution in [0.5, 0.6) is 0 Å². The van der Waals surface area contributed by atoms with E-state index in [1.807, 2.05) is 6.07 Å². The Morgan fingerprint density at radius 2 is 1.89 bits per heavy atom. The molecular formula is C26H24F2N6O2S. The summed E-state index contributed by atoms with van der Waals surface area (Å²) in [4.78, 5) is 9.32. The highest BCUT2D eigenvalue weighted by Gasteiger charge is 2.65. The molecule has 2 aliphatic rings. The molecular weight excluding hydrogens is 498 g/mol. The van der Waals surface area contributed by atoms with Crippen LogP contribution >= 0.6 is 0 Å². The Hall–Kier alpha value is -3.60. The number of hydrogen-bond donors (Lipinski definition) is 0. The van der Waals surface area contributed by atoms with Crippen molar-refractivity contribution in [1.29, 1.82) is 0 Å². The third-order valence-electron chi connectivity index (χ3n) is 7.95. The fraction of sp³-hybridized carbons (Fsp3) is 0.346. The summed E-state index contributed by atoms with van der Waals surface area (Å²) in [5.74, 6) is -1.05. The van der Waals surface area contributed by atoms with Crippen molar-refractivity contribution in [2.75, 3.05) is 6.26 Å². The Balaban J connectivity index is 1.45. The van der Waals surface area contributed by atoms with E-state index in [0.29, 0.717) is 11.4 Å². The van der Waals surface area contributed by atoms with Gasteiger partial charge in [0.15, 0.2) is 15.7 Å². The lowest BCUT2D eigenvalue weighted by Crippen LogP contribution is -2.38. The van der Waals surface area contributed by atoms with Gasteiger partial charge in [-0.3, -0.25) is 4.68 Å². The Labute approximate surface area is 212 Å². The zero-order valence-corrected chi connectivity index (χ0v) is 21.3. The van der Waals surface area contributed by atoms with E-state index in [-0.39, 0.29) is 28.5 Å². The van der Waals surface area contributed by atoms with Crippen molar-refractivity contribution in [3.8, 4) is 22.6 Å². The standard InChI is InChI=1S/C26H24F2N6O2S/c1-25(2)17-7-9-26(25,23-16(17)11-20(32-33-23)22-18(27)5-4-6-19(22)28)21-8-10-29-24(31-21)15-12-30-34(13-15)14-37(3,35)36/h4-6,8,10-13,17H,7,9,14H2,1-3H3/t17-,26-/m0/s1. The van der Waals surface area contributed by atoms with Gasteiger partial charge >= 0.3 is 0 Å². The number of nitrogens with zero attached hydrogens (tertiary/aromatic N) is 6. The van der Waals surface area contributed by atoms with Gasteiger partial charge in [0.1, 0.15) is 17.5 Å². The van der Waals surface area contributed by atoms with Gasteiger partial charge in [-0.15, -0.1) is 5.10 Å². The summed E-state index contributed by atoms with van der Waals surface area (Å²) in [7, 11) is -3.26. The van der Waals surface area contributed by atoms with Crippen LogP contribution in [0.2, 0.25) is 0 Å². The Morgan fingerprint density at radius 1 is 1.14 bits per heavy atom. The van der Waals surface area contributed by atoms with Gasteiger partial charge in [-0.25, -0.2) is 27.2 Å². The molecule has 190 valence electrons. The van der Waals surface area contributed by atoms with Crippen LogP contribution < -0.4 is 0 Å². The summed E-state index contributed by atoms with van der Waals surface area (Å²) in [6.45, 7) is 4.34. The molecule has 37 heavy (non-hydrogen) atoms. The number of fused-ring (bicyclic) bond motifs is 5. The summed E-state index contributed by atoms with van der Waals surface area (Å²) in [5, 5.41) is 13.0. The van der Waals surface area contributed by atoms with Crippen LogP contribution in [0.15, 0.2) is 48.9 Å². The predicted octanol–water partition coefficient (Wildman–Crippen LogP) is 4.28. The molecule has 8 nitrogen and oxygen atoms in total. The second kappa shape index (κ2) is 7.95. The van der Waals surface area contributed by atoms with Crippen molar-refractivity contribution < 1.29 is 17.2 Å². The first-order valence-corrected chi connectivity index (χ1v) is 13.9. The Bertz CT molecular complexity index is 1650. The predicted molar refractivity (Wildman–Crippen MR) is 132 cm³/mol. The number of halogens is 2. The molecule has 0 aliphatic heterocycles. The van der Waals surface area contributed by atoms with Gasteiger partial charge in [-0.2, -0.15) is 10.2 Å². The van der Waals surface area contributed by atoms with E-state index in [0.717, 1.165) is 36.0 Å². The average molecular weight is 523 g/mol. The molecule has 3 aromatic heterocycles. The maximum Gasteiger partial charge on any atom is 0.167 e. The second-order valence-corrected chi connectivity index (χ2v) is 12.5. The van der Waals surface area contributed by atoms with Crippen LogP contribution in [-0.4, -0.2) is 44.6 Å². The molecule has 4 aromatic rings. The second-order valence-electron chi connectivity index (χ2n) is 10.4. The monoisotopic (exact) mass is 522 g/mol. The first-order chi connectivity index (χ1) is 17.5. The van der Waals surface area contributed by atoms with Gasteiger partial charge in [0.2, 0.25) is 0 Å². The maximum absolute atomic E-state index is 14.5. The fourth-order valence-electron chi connectivity index (χ4n) is 6.28. The minimum absolute atomic E-state index is 0.113. The molecule has 0 N–H and O–H groups in total. The molecule has 0 saturated heterocycles. The lowest BCUT2D eigenvalue weighted by molar-refractivity contribution is 0.243. The van der Waals surface area contributed by atoms with E-state index in [1.165, 1.54) is 22.9 Å². The van der Waals surface area contributed by atoms with Gasteiger partial charge in [0, 0.05) is 18.6 Å². The quantitative estimate of drug-likeness (QED) is 0.385. The SMILES string of the molecule is CC1(C)[C@H]2CC[C@]1(c1ccnc(-c3cnn(CS(C)(=O)=O)c3)n1)c1nnc(-c3c(F)cccc3F)cc12. The molecule has 0 unspecified atom stereocenters. The van der Waals surface area contributed by atoms with Gasteiger partial charge in [-0.1, -0.05) is 19.9 Å². The molecule has 1 aromatic carbocycles. The Kier molecular flexibility index (Phi) is 5.11. The van der Waals surface area contributed by atoms with Gasteiger partial charge < -0.3 is 0 Å². The topological polar surface area (TPSA) is 104 Å². The van der Waals surface area contributed by atoms with Gasteiger partial charge in [-0.05, 0) is 54.0 Å². The number of benzene rings is 1. The minimum atomic E-state index is -3.26. The zero-order chi connectivity index (χ0) is 26.2. The molecule has 2 atom stereocenters. The van der Waals surface area contributed by atoms with Crippen LogP contribution in [0.25, 0.3) is 22.6 Å². The molecule has 0 radical (unpaired) electrons. The summed E-state index contributed by atoms with van der Waals surface area (Å²) < 4.78 is 53.7. The third kappa shape index (κ3) is 3.51. The Morgan fingerprint density at radius 3 is 2.62 bits per heavy atom. The normalized spacial score (nSPS) is 21.8. The summed E-state index contributed by atoms with van der Waals surface area (Å²) >= 11 is 0. The zero-order valence-electron chi connectivity index (χ0n) is 20.5. The minimum Gasteiger partial charge on any atom is -0.257 e. The molecule has 2 aliphatic carbocycles. The van der Waals surface area contributed by atoms with E-state index in [2.05, 4.69) is 34.1 Å². The molecule has 6 rings (SSSR count). The highest BCUT2D eigenvalue weighted by atomic mass is 32.2. The van der Waals surface area contributed by atoms with Crippen molar-refractivity contribution in [1.82, 2.24) is 29.9 Å². The summed E-state index contributed by atoms with van der Waals surface area (Å²) in [6.07, 6.45) is 7.65. The number of rotatable bonds is 5. The van der Waals surface area contributed by atoms with Crippen LogP contribution in [0, 0.1) is 17.0 Å². The van der Waals surface area contributed by atoms with Crippen LogP contribution in [0.1, 0.15) is 49.6 Å². The largest absolute Gasteiger partial charge is 0.257 e. The molecule has 3 heterocycles. The lowest BCUT2D eigenvalue weighted by atomic mass is 9.66. The van der Waals surface area contributed by atoms with Crippen molar-refractivity contribution in [2.45, 2.75) is 43.9 Å². The molecule has 11 heteroatoms. The molecule has 1 saturated carbocycles. The summed E-state index contributed by atoms with van der Waals surface area (Å²) in [6, 6.07) is 7.40. The van der Waals surface area contributed by atoms with Crippen LogP contribution in [0.4, 0.5) is 8.78 Å². The van der Waals surface area contributed by atoms with Crippen LogP contribution in [0.3, 0.4) is 0 Å². The third-order valence-corrected chi connectivity index (χ3v) is 8.69. The van der Waals surface area contributed by atoms with Crippen LogP contribution in [-0.2, 0) is 21.1 Å². The molecule has 0 amide bonds. The number of hydrogen-bond acceptors (Lipinski definition) is 7. The van der Waals surface area contributed by atoms with E-state index in [4.69, 9.17) is 4.98 Å². The van der Waals surface area contributed by atoms with Crippen molar-refractivity contribution in [2.24, 2.45) is 5.41 Å².